The second-order valence-electron chi connectivity index (χ2n) is 4.10. The highest BCUT2D eigenvalue weighted by molar-refractivity contribution is 5.38. The molecule has 0 fully saturated rings. The maximum absolute atomic E-state index is 6.13. The predicted octanol–water partition coefficient (Wildman–Crippen LogP) is 2.30. The van der Waals surface area contributed by atoms with Gasteiger partial charge in [0.2, 0.25) is 0 Å². The maximum atomic E-state index is 6.13. The Bertz CT molecular complexity index is 468. The fraction of sp³-hybridized carbons (Fsp3) is 0.214. The molecule has 1 aromatic heterocycles. The van der Waals surface area contributed by atoms with Gasteiger partial charge < -0.3 is 11.5 Å². The van der Waals surface area contributed by atoms with Crippen LogP contribution in [-0.2, 0) is 6.42 Å². The Hall–Kier alpha value is -1.87. The number of anilines is 1. The quantitative estimate of drug-likeness (QED) is 0.842. The zero-order chi connectivity index (χ0) is 12.1. The van der Waals surface area contributed by atoms with Crippen LogP contribution in [0.15, 0.2) is 48.7 Å². The van der Waals surface area contributed by atoms with Crippen molar-refractivity contribution in [3.63, 3.8) is 0 Å². The molecule has 0 aliphatic heterocycles. The van der Waals surface area contributed by atoms with Crippen molar-refractivity contribution in [1.29, 1.82) is 0 Å². The molecule has 0 saturated carbocycles. The number of nitrogen functional groups attached to an aromatic ring is 1. The van der Waals surface area contributed by atoms with Crippen molar-refractivity contribution in [2.24, 2.45) is 5.73 Å². The molecule has 3 heteroatoms. The molecule has 1 aromatic carbocycles. The molecule has 0 amide bonds. The van der Waals surface area contributed by atoms with Gasteiger partial charge in [0.25, 0.3) is 0 Å². The van der Waals surface area contributed by atoms with E-state index in [0.29, 0.717) is 5.82 Å². The Balaban J connectivity index is 1.97. The van der Waals surface area contributed by atoms with E-state index in [1.165, 1.54) is 0 Å². The molecular formula is C14H17N3. The molecule has 0 bridgehead atoms. The molecular weight excluding hydrogens is 210 g/mol. The maximum Gasteiger partial charge on any atom is 0.126 e. The highest BCUT2D eigenvalue weighted by Crippen LogP contribution is 2.18. The second kappa shape index (κ2) is 5.46. The Kier molecular flexibility index (Phi) is 3.73. The first-order valence-electron chi connectivity index (χ1n) is 5.77. The number of hydrogen-bond acceptors (Lipinski definition) is 3. The molecule has 0 spiro atoms. The number of aryl methyl sites for hydroxylation is 1. The van der Waals surface area contributed by atoms with E-state index < -0.39 is 0 Å². The zero-order valence-electron chi connectivity index (χ0n) is 9.71. The van der Waals surface area contributed by atoms with E-state index in [-0.39, 0.29) is 6.04 Å². The standard InChI is InChI=1S/C14H17N3/c15-13(11-5-2-1-3-6-11)9-8-12-7-4-10-17-14(12)16/h1-7,10,13H,8-9,15H2,(H2,16,17). The number of aromatic nitrogens is 1. The number of hydrogen-bond donors (Lipinski definition) is 2. The summed E-state index contributed by atoms with van der Waals surface area (Å²) in [7, 11) is 0. The molecule has 0 radical (unpaired) electrons. The SMILES string of the molecule is Nc1ncccc1CCC(N)c1ccccc1. The Morgan fingerprint density at radius 3 is 2.53 bits per heavy atom. The monoisotopic (exact) mass is 227 g/mol. The number of rotatable bonds is 4. The van der Waals surface area contributed by atoms with Crippen molar-refractivity contribution in [1.82, 2.24) is 4.98 Å². The van der Waals surface area contributed by atoms with E-state index in [2.05, 4.69) is 17.1 Å². The van der Waals surface area contributed by atoms with Gasteiger partial charge in [-0.15, -0.1) is 0 Å². The molecule has 0 saturated heterocycles. The van der Waals surface area contributed by atoms with Gasteiger partial charge in [-0.1, -0.05) is 36.4 Å². The minimum atomic E-state index is 0.0517. The third-order valence-electron chi connectivity index (χ3n) is 2.88. The topological polar surface area (TPSA) is 64.9 Å². The number of benzene rings is 1. The van der Waals surface area contributed by atoms with E-state index in [0.717, 1.165) is 24.0 Å². The van der Waals surface area contributed by atoms with Gasteiger partial charge in [0.1, 0.15) is 5.82 Å². The summed E-state index contributed by atoms with van der Waals surface area (Å²) in [6.07, 6.45) is 3.44. The Morgan fingerprint density at radius 2 is 1.82 bits per heavy atom. The molecule has 1 heterocycles. The van der Waals surface area contributed by atoms with Crippen LogP contribution < -0.4 is 11.5 Å². The normalized spacial score (nSPS) is 12.3. The summed E-state index contributed by atoms with van der Waals surface area (Å²) >= 11 is 0. The first-order chi connectivity index (χ1) is 8.27. The minimum absolute atomic E-state index is 0.0517. The van der Waals surface area contributed by atoms with Gasteiger partial charge in [-0.05, 0) is 30.0 Å². The summed E-state index contributed by atoms with van der Waals surface area (Å²) < 4.78 is 0. The van der Waals surface area contributed by atoms with Crippen molar-refractivity contribution in [2.45, 2.75) is 18.9 Å². The average molecular weight is 227 g/mol. The molecule has 0 aliphatic rings. The summed E-state index contributed by atoms with van der Waals surface area (Å²) in [5.74, 6) is 0.604. The van der Waals surface area contributed by atoms with Gasteiger partial charge in [-0.3, -0.25) is 0 Å². The van der Waals surface area contributed by atoms with Crippen LogP contribution in [0.2, 0.25) is 0 Å². The van der Waals surface area contributed by atoms with Crippen molar-refractivity contribution in [3.8, 4) is 0 Å². The number of nitrogens with two attached hydrogens (primary N) is 2. The first-order valence-corrected chi connectivity index (χ1v) is 5.77. The second-order valence-corrected chi connectivity index (χ2v) is 4.10. The Morgan fingerprint density at radius 1 is 1.06 bits per heavy atom. The summed E-state index contributed by atoms with van der Waals surface area (Å²) in [5, 5.41) is 0. The summed E-state index contributed by atoms with van der Waals surface area (Å²) in [5.41, 5.74) is 14.2. The van der Waals surface area contributed by atoms with Gasteiger partial charge >= 0.3 is 0 Å². The van der Waals surface area contributed by atoms with Crippen LogP contribution in [-0.4, -0.2) is 4.98 Å². The van der Waals surface area contributed by atoms with Gasteiger partial charge in [-0.25, -0.2) is 4.98 Å². The van der Waals surface area contributed by atoms with Crippen LogP contribution in [0.3, 0.4) is 0 Å². The van der Waals surface area contributed by atoms with Crippen LogP contribution in [0.5, 0.6) is 0 Å². The summed E-state index contributed by atoms with van der Waals surface area (Å²) in [6, 6.07) is 14.1. The van der Waals surface area contributed by atoms with Gasteiger partial charge in [0.15, 0.2) is 0 Å². The number of pyridine rings is 1. The highest BCUT2D eigenvalue weighted by atomic mass is 14.8. The first kappa shape index (κ1) is 11.6. The average Bonchev–Trinajstić information content (AvgIpc) is 2.38. The smallest absolute Gasteiger partial charge is 0.126 e. The molecule has 3 nitrogen and oxygen atoms in total. The van der Waals surface area contributed by atoms with Crippen molar-refractivity contribution in [3.05, 3.63) is 59.8 Å². The van der Waals surface area contributed by atoms with Crippen LogP contribution in [0.25, 0.3) is 0 Å². The van der Waals surface area contributed by atoms with Gasteiger partial charge in [0, 0.05) is 12.2 Å². The molecule has 17 heavy (non-hydrogen) atoms. The fourth-order valence-corrected chi connectivity index (χ4v) is 1.84. The predicted molar refractivity (Wildman–Crippen MR) is 70.3 cm³/mol. The third kappa shape index (κ3) is 3.04. The Labute approximate surface area is 101 Å². The largest absolute Gasteiger partial charge is 0.383 e. The highest BCUT2D eigenvalue weighted by Gasteiger charge is 2.07. The molecule has 88 valence electrons. The van der Waals surface area contributed by atoms with Crippen LogP contribution in [0, 0.1) is 0 Å². The van der Waals surface area contributed by atoms with E-state index in [1.807, 2.05) is 30.3 Å². The van der Waals surface area contributed by atoms with Crippen molar-refractivity contribution >= 4 is 5.82 Å². The zero-order valence-corrected chi connectivity index (χ0v) is 9.71. The van der Waals surface area contributed by atoms with Crippen molar-refractivity contribution < 1.29 is 0 Å². The van der Waals surface area contributed by atoms with Crippen LogP contribution in [0.4, 0.5) is 5.82 Å². The summed E-state index contributed by atoms with van der Waals surface area (Å²) in [4.78, 5) is 4.07. The number of nitrogens with zero attached hydrogens (tertiary/aromatic N) is 1. The van der Waals surface area contributed by atoms with Gasteiger partial charge in [-0.2, -0.15) is 0 Å². The van der Waals surface area contributed by atoms with Crippen molar-refractivity contribution in [2.75, 3.05) is 5.73 Å². The summed E-state index contributed by atoms with van der Waals surface area (Å²) in [6.45, 7) is 0. The lowest BCUT2D eigenvalue weighted by molar-refractivity contribution is 0.651. The molecule has 2 aromatic rings. The van der Waals surface area contributed by atoms with E-state index in [1.54, 1.807) is 6.20 Å². The van der Waals surface area contributed by atoms with E-state index in [4.69, 9.17) is 11.5 Å². The molecule has 2 rings (SSSR count). The van der Waals surface area contributed by atoms with Crippen LogP contribution >= 0.6 is 0 Å². The molecule has 0 aliphatic carbocycles. The third-order valence-corrected chi connectivity index (χ3v) is 2.88. The van der Waals surface area contributed by atoms with E-state index in [9.17, 15) is 0 Å². The van der Waals surface area contributed by atoms with Gasteiger partial charge in [0.05, 0.1) is 0 Å². The molecule has 1 unspecified atom stereocenters. The molecule has 1 atom stereocenters. The molecule has 4 N–H and O–H groups in total. The van der Waals surface area contributed by atoms with Crippen LogP contribution in [0.1, 0.15) is 23.6 Å². The lowest BCUT2D eigenvalue weighted by Gasteiger charge is -2.12. The minimum Gasteiger partial charge on any atom is -0.383 e. The fourth-order valence-electron chi connectivity index (χ4n) is 1.84. The lowest BCUT2D eigenvalue weighted by Crippen LogP contribution is -2.11. The van der Waals surface area contributed by atoms with E-state index >= 15 is 0 Å². The lowest BCUT2D eigenvalue weighted by atomic mass is 10.0.